The Morgan fingerprint density at radius 1 is 1.31 bits per heavy atom. The van der Waals surface area contributed by atoms with Crippen molar-refractivity contribution in [2.24, 2.45) is 17.8 Å². The van der Waals surface area contributed by atoms with E-state index >= 15 is 0 Å². The van der Waals surface area contributed by atoms with Crippen molar-refractivity contribution in [3.63, 3.8) is 0 Å². The Kier molecular flexibility index (Phi) is 1.72. The van der Waals surface area contributed by atoms with Gasteiger partial charge in [0.1, 0.15) is 0 Å². The van der Waals surface area contributed by atoms with Gasteiger partial charge in [0.15, 0.2) is 0 Å². The molecule has 13 heavy (non-hydrogen) atoms. The maximum atomic E-state index is 3.60. The lowest BCUT2D eigenvalue weighted by atomic mass is 9.75. The summed E-state index contributed by atoms with van der Waals surface area (Å²) in [7, 11) is 0. The Morgan fingerprint density at radius 3 is 2.54 bits per heavy atom. The summed E-state index contributed by atoms with van der Waals surface area (Å²) in [6.45, 7) is 8.75. The largest absolute Gasteiger partial charge is 0.312 e. The van der Waals surface area contributed by atoms with E-state index in [1.807, 2.05) is 0 Å². The first-order valence-corrected chi connectivity index (χ1v) is 5.73. The summed E-state index contributed by atoms with van der Waals surface area (Å²) < 4.78 is 0. The first-order chi connectivity index (χ1) is 6.25. The van der Waals surface area contributed by atoms with Gasteiger partial charge in [-0.3, -0.25) is 4.90 Å². The van der Waals surface area contributed by atoms with Gasteiger partial charge in [0.25, 0.3) is 0 Å². The second kappa shape index (κ2) is 2.71. The molecule has 1 saturated carbocycles. The van der Waals surface area contributed by atoms with Crippen LogP contribution in [0.1, 0.15) is 20.3 Å². The molecule has 4 rings (SSSR count). The monoisotopic (exact) mass is 180 g/mol. The number of fused-ring (bicyclic) bond motifs is 1. The van der Waals surface area contributed by atoms with Crippen LogP contribution in [-0.2, 0) is 0 Å². The Labute approximate surface area is 80.7 Å². The summed E-state index contributed by atoms with van der Waals surface area (Å²) in [5.74, 6) is 2.88. The van der Waals surface area contributed by atoms with E-state index in [2.05, 4.69) is 24.1 Å². The smallest absolute Gasteiger partial charge is 0.0290 e. The van der Waals surface area contributed by atoms with Crippen LogP contribution in [-0.4, -0.2) is 36.6 Å². The quantitative estimate of drug-likeness (QED) is 0.680. The van der Waals surface area contributed by atoms with E-state index in [0.717, 1.165) is 29.8 Å². The number of nitrogens with zero attached hydrogens (tertiary/aromatic N) is 1. The summed E-state index contributed by atoms with van der Waals surface area (Å²) >= 11 is 0. The number of rotatable bonds is 2. The molecule has 2 bridgehead atoms. The van der Waals surface area contributed by atoms with Crippen molar-refractivity contribution < 1.29 is 0 Å². The van der Waals surface area contributed by atoms with Gasteiger partial charge < -0.3 is 5.32 Å². The van der Waals surface area contributed by atoms with Crippen LogP contribution in [0.5, 0.6) is 0 Å². The van der Waals surface area contributed by atoms with E-state index in [-0.39, 0.29) is 0 Å². The highest BCUT2D eigenvalue weighted by atomic mass is 15.3. The Bertz CT molecular complexity index is 194. The van der Waals surface area contributed by atoms with Gasteiger partial charge in [0, 0.05) is 25.2 Å². The third kappa shape index (κ3) is 1.08. The fourth-order valence-electron chi connectivity index (χ4n) is 3.22. The summed E-state index contributed by atoms with van der Waals surface area (Å²) in [5.41, 5.74) is 0. The average Bonchev–Trinajstić information content (AvgIpc) is 2.52. The summed E-state index contributed by atoms with van der Waals surface area (Å²) in [4.78, 5) is 2.71. The third-order valence-corrected chi connectivity index (χ3v) is 4.40. The molecule has 3 heterocycles. The second-order valence-corrected chi connectivity index (χ2v) is 5.46. The van der Waals surface area contributed by atoms with Gasteiger partial charge in [0.2, 0.25) is 0 Å². The van der Waals surface area contributed by atoms with Crippen LogP contribution >= 0.6 is 0 Å². The van der Waals surface area contributed by atoms with Crippen LogP contribution < -0.4 is 5.32 Å². The Balaban J connectivity index is 1.54. The van der Waals surface area contributed by atoms with E-state index in [9.17, 15) is 0 Å². The van der Waals surface area contributed by atoms with Crippen LogP contribution in [0.25, 0.3) is 0 Å². The summed E-state index contributed by atoms with van der Waals surface area (Å²) in [6, 6.07) is 1.79. The zero-order valence-electron chi connectivity index (χ0n) is 8.66. The highest BCUT2D eigenvalue weighted by Gasteiger charge is 2.52. The zero-order valence-corrected chi connectivity index (χ0v) is 8.66. The number of hydrogen-bond acceptors (Lipinski definition) is 2. The molecule has 0 aromatic rings. The SMILES string of the molecule is CC(C)C1CN(C2C3CNC2C3)C1. The van der Waals surface area contributed by atoms with Crippen molar-refractivity contribution in [2.75, 3.05) is 19.6 Å². The van der Waals surface area contributed by atoms with Crippen LogP contribution in [0.2, 0.25) is 0 Å². The molecule has 0 amide bonds. The molecular weight excluding hydrogens is 160 g/mol. The van der Waals surface area contributed by atoms with Gasteiger partial charge in [-0.2, -0.15) is 0 Å². The molecule has 1 N–H and O–H groups in total. The molecule has 0 aromatic carbocycles. The molecule has 74 valence electrons. The van der Waals surface area contributed by atoms with Crippen LogP contribution in [0, 0.1) is 17.8 Å². The minimum absolute atomic E-state index is 0.859. The van der Waals surface area contributed by atoms with Crippen molar-refractivity contribution >= 4 is 0 Å². The molecule has 0 radical (unpaired) electrons. The van der Waals surface area contributed by atoms with Crippen molar-refractivity contribution in [3.05, 3.63) is 0 Å². The topological polar surface area (TPSA) is 15.3 Å². The van der Waals surface area contributed by atoms with Crippen molar-refractivity contribution in [2.45, 2.75) is 32.4 Å². The second-order valence-electron chi connectivity index (χ2n) is 5.46. The summed E-state index contributed by atoms with van der Waals surface area (Å²) in [6.07, 6.45) is 1.45. The lowest BCUT2D eigenvalue weighted by Gasteiger charge is -2.52. The third-order valence-electron chi connectivity index (χ3n) is 4.40. The number of likely N-dealkylation sites (tertiary alicyclic amines) is 1. The molecule has 1 aliphatic carbocycles. The zero-order chi connectivity index (χ0) is 9.00. The van der Waals surface area contributed by atoms with E-state index in [0.29, 0.717) is 0 Å². The fraction of sp³-hybridized carbons (Fsp3) is 1.00. The normalized spacial score (nSPS) is 45.0. The van der Waals surface area contributed by atoms with Crippen LogP contribution in [0.3, 0.4) is 0 Å². The summed E-state index contributed by atoms with van der Waals surface area (Å²) in [5, 5.41) is 3.60. The number of nitrogens with one attached hydrogen (secondary N) is 1. The molecule has 2 nitrogen and oxygen atoms in total. The van der Waals surface area contributed by atoms with Gasteiger partial charge in [0.05, 0.1) is 0 Å². The Morgan fingerprint density at radius 2 is 2.08 bits per heavy atom. The fourth-order valence-corrected chi connectivity index (χ4v) is 3.22. The minimum atomic E-state index is 0.859. The minimum Gasteiger partial charge on any atom is -0.312 e. The van der Waals surface area contributed by atoms with Gasteiger partial charge in [-0.05, 0) is 30.7 Å². The predicted octanol–water partition coefficient (Wildman–Crippen LogP) is 0.935. The molecule has 0 spiro atoms. The highest BCUT2D eigenvalue weighted by molar-refractivity contribution is 5.10. The lowest BCUT2D eigenvalue weighted by Crippen LogP contribution is -2.62. The van der Waals surface area contributed by atoms with Crippen molar-refractivity contribution in [3.8, 4) is 0 Å². The van der Waals surface area contributed by atoms with E-state index in [1.54, 1.807) is 0 Å². The maximum Gasteiger partial charge on any atom is 0.0290 e. The Hall–Kier alpha value is -0.0800. The highest BCUT2D eigenvalue weighted by Crippen LogP contribution is 2.41. The lowest BCUT2D eigenvalue weighted by molar-refractivity contribution is -0.0253. The van der Waals surface area contributed by atoms with Gasteiger partial charge >= 0.3 is 0 Å². The first-order valence-electron chi connectivity index (χ1n) is 5.73. The molecule has 3 saturated heterocycles. The molecule has 3 atom stereocenters. The standard InChI is InChI=1S/C11H20N2/c1-7(2)9-5-13(6-9)11-8-3-10(11)12-4-8/h7-12H,3-6H2,1-2H3. The van der Waals surface area contributed by atoms with Gasteiger partial charge in [-0.25, -0.2) is 0 Å². The van der Waals surface area contributed by atoms with E-state index in [4.69, 9.17) is 0 Å². The van der Waals surface area contributed by atoms with Crippen LogP contribution in [0.4, 0.5) is 0 Å². The molecule has 3 unspecified atom stereocenters. The van der Waals surface area contributed by atoms with E-state index < -0.39 is 0 Å². The molecule has 4 aliphatic rings. The van der Waals surface area contributed by atoms with Crippen LogP contribution in [0.15, 0.2) is 0 Å². The van der Waals surface area contributed by atoms with Gasteiger partial charge in [-0.15, -0.1) is 0 Å². The maximum absolute atomic E-state index is 3.60. The molecule has 2 heteroatoms. The van der Waals surface area contributed by atoms with Crippen molar-refractivity contribution in [1.82, 2.24) is 10.2 Å². The predicted molar refractivity (Wildman–Crippen MR) is 53.6 cm³/mol. The van der Waals surface area contributed by atoms with E-state index in [1.165, 1.54) is 26.1 Å². The van der Waals surface area contributed by atoms with Crippen molar-refractivity contribution in [1.29, 1.82) is 0 Å². The molecule has 0 aromatic heterocycles. The molecule has 3 aliphatic heterocycles. The average molecular weight is 180 g/mol. The molecular formula is C11H20N2. The molecule has 4 fully saturated rings. The van der Waals surface area contributed by atoms with Gasteiger partial charge in [-0.1, -0.05) is 13.8 Å². The first kappa shape index (κ1) is 8.25. The number of hydrogen-bond donors (Lipinski definition) is 1.